The minimum absolute atomic E-state index is 0.396. The van der Waals surface area contributed by atoms with Crippen molar-refractivity contribution in [2.75, 3.05) is 51.2 Å². The first-order valence-corrected chi connectivity index (χ1v) is 12.0. The number of rotatable bonds is 3. The molecule has 172 valence electrons. The van der Waals surface area contributed by atoms with Crippen molar-refractivity contribution in [2.45, 2.75) is 18.9 Å². The highest BCUT2D eigenvalue weighted by Gasteiger charge is 2.27. The van der Waals surface area contributed by atoms with E-state index in [1.54, 1.807) is 0 Å². The average molecular weight is 453 g/mol. The molecule has 2 saturated heterocycles. The lowest BCUT2D eigenvalue weighted by atomic mass is 10.0. The second-order valence-corrected chi connectivity index (χ2v) is 9.38. The van der Waals surface area contributed by atoms with Crippen LogP contribution in [0.4, 0.5) is 5.69 Å². The molecule has 0 saturated carbocycles. The van der Waals surface area contributed by atoms with Gasteiger partial charge in [-0.1, -0.05) is 18.2 Å². The highest BCUT2D eigenvalue weighted by Crippen LogP contribution is 2.32. The van der Waals surface area contributed by atoms with Crippen molar-refractivity contribution in [3.8, 4) is 17.2 Å². The number of piperidine rings is 1. The van der Waals surface area contributed by atoms with E-state index in [1.807, 2.05) is 47.2 Å². The molecule has 0 unspecified atom stereocenters. The molecule has 0 amide bonds. The molecular weight excluding hydrogens is 424 g/mol. The zero-order chi connectivity index (χ0) is 23.1. The fraction of sp³-hybridized carbons (Fsp3) is 0.385. The minimum atomic E-state index is 0.396. The number of nitriles is 1. The van der Waals surface area contributed by atoms with Crippen LogP contribution in [0.15, 0.2) is 48.9 Å². The van der Waals surface area contributed by atoms with Gasteiger partial charge in [0.15, 0.2) is 5.65 Å². The summed E-state index contributed by atoms with van der Waals surface area (Å²) >= 11 is 0. The Bertz CT molecular complexity index is 1370. The topological polar surface area (TPSA) is 76.6 Å². The summed E-state index contributed by atoms with van der Waals surface area (Å²) in [6.07, 6.45) is 8.26. The summed E-state index contributed by atoms with van der Waals surface area (Å²) in [6.45, 7) is 6.79. The molecule has 6 rings (SSSR count). The van der Waals surface area contributed by atoms with Gasteiger partial charge in [0, 0.05) is 56.3 Å². The van der Waals surface area contributed by atoms with Gasteiger partial charge in [0.1, 0.15) is 11.8 Å². The van der Waals surface area contributed by atoms with Crippen molar-refractivity contribution in [1.29, 1.82) is 5.26 Å². The fourth-order valence-corrected chi connectivity index (χ4v) is 5.35. The predicted octanol–water partition coefficient (Wildman–Crippen LogP) is 3.03. The molecule has 0 spiro atoms. The van der Waals surface area contributed by atoms with E-state index in [4.69, 9.17) is 4.98 Å². The zero-order valence-corrected chi connectivity index (χ0v) is 19.4. The molecule has 0 atom stereocenters. The third-order valence-electron chi connectivity index (χ3n) is 7.35. The molecule has 1 aromatic carbocycles. The van der Waals surface area contributed by atoms with Crippen LogP contribution in [0.2, 0.25) is 0 Å². The third-order valence-corrected chi connectivity index (χ3v) is 7.35. The van der Waals surface area contributed by atoms with Crippen molar-refractivity contribution < 1.29 is 0 Å². The maximum Gasteiger partial charge on any atom is 0.162 e. The third kappa shape index (κ3) is 3.77. The van der Waals surface area contributed by atoms with Crippen LogP contribution in [0.1, 0.15) is 18.5 Å². The van der Waals surface area contributed by atoms with Crippen molar-refractivity contribution in [1.82, 2.24) is 29.4 Å². The van der Waals surface area contributed by atoms with E-state index in [0.29, 0.717) is 11.7 Å². The smallest absolute Gasteiger partial charge is 0.162 e. The quantitative estimate of drug-likeness (QED) is 0.473. The number of hydrogen-bond acceptors (Lipinski definition) is 7. The molecule has 0 radical (unpaired) electrons. The van der Waals surface area contributed by atoms with Crippen molar-refractivity contribution in [3.63, 3.8) is 0 Å². The van der Waals surface area contributed by atoms with Gasteiger partial charge in [-0.25, -0.2) is 14.5 Å². The number of anilines is 1. The Labute approximate surface area is 199 Å². The highest BCUT2D eigenvalue weighted by molar-refractivity contribution is 5.98. The lowest BCUT2D eigenvalue weighted by Gasteiger charge is -2.42. The first kappa shape index (κ1) is 21.0. The minimum Gasteiger partial charge on any atom is -0.369 e. The summed E-state index contributed by atoms with van der Waals surface area (Å²) < 4.78 is 1.86. The van der Waals surface area contributed by atoms with Gasteiger partial charge in [0.2, 0.25) is 0 Å². The maximum atomic E-state index is 9.47. The van der Waals surface area contributed by atoms with Gasteiger partial charge in [0.05, 0.1) is 29.8 Å². The van der Waals surface area contributed by atoms with Crippen LogP contribution in [0, 0.1) is 11.3 Å². The molecule has 3 aromatic heterocycles. The number of nitrogens with zero attached hydrogens (tertiary/aromatic N) is 8. The molecule has 0 bridgehead atoms. The van der Waals surface area contributed by atoms with Gasteiger partial charge in [-0.2, -0.15) is 10.4 Å². The van der Waals surface area contributed by atoms with Crippen LogP contribution < -0.4 is 4.90 Å². The maximum absolute atomic E-state index is 9.47. The molecule has 34 heavy (non-hydrogen) atoms. The monoisotopic (exact) mass is 452 g/mol. The van der Waals surface area contributed by atoms with Crippen molar-refractivity contribution in [3.05, 3.63) is 54.6 Å². The van der Waals surface area contributed by atoms with Gasteiger partial charge in [-0.3, -0.25) is 4.90 Å². The molecule has 4 aromatic rings. The molecule has 5 heterocycles. The van der Waals surface area contributed by atoms with E-state index in [9.17, 15) is 5.26 Å². The van der Waals surface area contributed by atoms with Crippen LogP contribution in [0.5, 0.6) is 0 Å². The van der Waals surface area contributed by atoms with Gasteiger partial charge >= 0.3 is 0 Å². The Kier molecular flexibility index (Phi) is 5.36. The van der Waals surface area contributed by atoms with E-state index in [0.717, 1.165) is 46.5 Å². The van der Waals surface area contributed by atoms with Gasteiger partial charge < -0.3 is 9.80 Å². The number of likely N-dealkylation sites (N-methyl/N-ethyl adjacent to an activating group) is 1. The Morgan fingerprint density at radius 2 is 1.76 bits per heavy atom. The summed E-state index contributed by atoms with van der Waals surface area (Å²) in [6, 6.07) is 12.6. The molecule has 0 aliphatic carbocycles. The van der Waals surface area contributed by atoms with Crippen molar-refractivity contribution >= 4 is 22.2 Å². The number of pyridine rings is 1. The molecule has 8 heteroatoms. The van der Waals surface area contributed by atoms with Crippen LogP contribution in [0.3, 0.4) is 0 Å². The molecule has 2 aliphatic heterocycles. The molecule has 2 fully saturated rings. The first-order valence-electron chi connectivity index (χ1n) is 12.0. The summed E-state index contributed by atoms with van der Waals surface area (Å²) in [4.78, 5) is 16.8. The first-order chi connectivity index (χ1) is 16.7. The lowest BCUT2D eigenvalue weighted by Crippen LogP contribution is -2.52. The Hall–Kier alpha value is -3.54. The second kappa shape index (κ2) is 8.67. The Balaban J connectivity index is 1.25. The van der Waals surface area contributed by atoms with E-state index in [-0.39, 0.29) is 0 Å². The summed E-state index contributed by atoms with van der Waals surface area (Å²) in [5.74, 6) is 0. The number of para-hydroxylation sites is 1. The van der Waals surface area contributed by atoms with Crippen LogP contribution in [-0.2, 0) is 0 Å². The van der Waals surface area contributed by atoms with Gasteiger partial charge in [-0.05, 0) is 37.6 Å². The predicted molar refractivity (Wildman–Crippen MR) is 133 cm³/mol. The number of aromatic nitrogens is 4. The largest absolute Gasteiger partial charge is 0.369 e. The Morgan fingerprint density at radius 1 is 0.971 bits per heavy atom. The normalized spacial score (nSPS) is 18.5. The van der Waals surface area contributed by atoms with E-state index >= 15 is 0 Å². The fourth-order valence-electron chi connectivity index (χ4n) is 5.35. The van der Waals surface area contributed by atoms with Crippen molar-refractivity contribution in [2.24, 2.45) is 0 Å². The van der Waals surface area contributed by atoms with E-state index < -0.39 is 0 Å². The number of fused-ring (bicyclic) bond motifs is 2. The van der Waals surface area contributed by atoms with Gasteiger partial charge in [-0.15, -0.1) is 0 Å². The molecule has 0 N–H and O–H groups in total. The van der Waals surface area contributed by atoms with E-state index in [1.165, 1.54) is 39.0 Å². The summed E-state index contributed by atoms with van der Waals surface area (Å²) in [7, 11) is 2.21. The molecular formula is C26H28N8. The van der Waals surface area contributed by atoms with Crippen LogP contribution in [-0.4, -0.2) is 81.7 Å². The van der Waals surface area contributed by atoms with Gasteiger partial charge in [0.25, 0.3) is 0 Å². The zero-order valence-electron chi connectivity index (χ0n) is 19.4. The van der Waals surface area contributed by atoms with Crippen LogP contribution in [0.25, 0.3) is 27.7 Å². The number of hydrogen-bond donors (Lipinski definition) is 0. The lowest BCUT2D eigenvalue weighted by molar-refractivity contribution is 0.0982. The average Bonchev–Trinajstić information content (AvgIpc) is 3.32. The summed E-state index contributed by atoms with van der Waals surface area (Å²) in [5, 5.41) is 15.1. The van der Waals surface area contributed by atoms with E-state index in [2.05, 4.69) is 44.1 Å². The highest BCUT2D eigenvalue weighted by atomic mass is 15.3. The Morgan fingerprint density at radius 3 is 2.56 bits per heavy atom. The summed E-state index contributed by atoms with van der Waals surface area (Å²) in [5.41, 5.74) is 4.94. The standard InChI is InChI=1S/C26H28N8/c1-31-10-12-33(13-11-31)20-6-8-32(9-7-20)21-16-28-26-24(17-29-34(26)18-21)23-14-19(15-27)30-25-5-3-2-4-22(23)25/h2-5,14,16-18,20H,6-13H2,1H3. The second-order valence-electron chi connectivity index (χ2n) is 9.38. The van der Waals surface area contributed by atoms with Crippen LogP contribution >= 0.6 is 0 Å². The molecule has 2 aliphatic rings. The SMILES string of the molecule is CN1CCN(C2CCN(c3cnc4c(-c5cc(C#N)nc6ccccc56)cnn4c3)CC2)CC1. The number of piperazine rings is 1. The molecule has 8 nitrogen and oxygen atoms in total. The number of benzene rings is 1.